The SMILES string of the molecule is C[N-]c1ccc(Cl)cc1. The Kier molecular flexibility index (Phi) is 1.96. The van der Waals surface area contributed by atoms with Crippen LogP contribution in [-0.2, 0) is 0 Å². The van der Waals surface area contributed by atoms with Gasteiger partial charge >= 0.3 is 0 Å². The average molecular weight is 141 g/mol. The van der Waals surface area contributed by atoms with E-state index in [4.69, 9.17) is 11.6 Å². The highest BCUT2D eigenvalue weighted by Crippen LogP contribution is 2.17. The van der Waals surface area contributed by atoms with Crippen LogP contribution in [0.4, 0.5) is 5.69 Å². The first-order chi connectivity index (χ1) is 4.33. The van der Waals surface area contributed by atoms with E-state index in [1.54, 1.807) is 7.05 Å². The zero-order valence-corrected chi connectivity index (χ0v) is 5.89. The highest BCUT2D eigenvalue weighted by molar-refractivity contribution is 6.30. The largest absolute Gasteiger partial charge is 0.687 e. The molecule has 0 saturated carbocycles. The molecule has 0 aliphatic rings. The van der Waals surface area contributed by atoms with Gasteiger partial charge in [-0.25, -0.2) is 0 Å². The quantitative estimate of drug-likeness (QED) is 0.570. The predicted octanol–water partition coefficient (Wildman–Crippen LogP) is 2.98. The number of halogens is 1. The predicted molar refractivity (Wildman–Crippen MR) is 40.4 cm³/mol. The van der Waals surface area contributed by atoms with Gasteiger partial charge < -0.3 is 5.32 Å². The van der Waals surface area contributed by atoms with E-state index >= 15 is 0 Å². The first-order valence-corrected chi connectivity index (χ1v) is 3.06. The van der Waals surface area contributed by atoms with Crippen molar-refractivity contribution in [2.75, 3.05) is 7.05 Å². The Bertz CT molecular complexity index is 181. The van der Waals surface area contributed by atoms with Crippen LogP contribution < -0.4 is 0 Å². The summed E-state index contributed by atoms with van der Waals surface area (Å²) in [5, 5.41) is 4.71. The lowest BCUT2D eigenvalue weighted by atomic mass is 10.3. The molecule has 1 nitrogen and oxygen atoms in total. The number of hydrogen-bond donors (Lipinski definition) is 0. The molecule has 0 saturated heterocycles. The molecule has 0 spiro atoms. The van der Waals surface area contributed by atoms with Crippen molar-refractivity contribution in [3.8, 4) is 0 Å². The third-order valence-corrected chi connectivity index (χ3v) is 1.34. The van der Waals surface area contributed by atoms with E-state index in [2.05, 4.69) is 5.32 Å². The Balaban J connectivity index is 2.88. The van der Waals surface area contributed by atoms with E-state index in [9.17, 15) is 0 Å². The smallest absolute Gasteiger partial charge is 0.0405 e. The van der Waals surface area contributed by atoms with Crippen molar-refractivity contribution < 1.29 is 0 Å². The molecule has 0 bridgehead atoms. The molecule has 0 radical (unpaired) electrons. The van der Waals surface area contributed by atoms with E-state index in [0.29, 0.717) is 0 Å². The lowest BCUT2D eigenvalue weighted by Gasteiger charge is -2.11. The van der Waals surface area contributed by atoms with Crippen LogP contribution in [0.1, 0.15) is 0 Å². The molecule has 0 heterocycles. The second kappa shape index (κ2) is 2.74. The van der Waals surface area contributed by atoms with Gasteiger partial charge in [-0.05, 0) is 12.1 Å². The maximum absolute atomic E-state index is 5.63. The highest BCUT2D eigenvalue weighted by Gasteiger charge is 1.79. The molecule has 0 atom stereocenters. The van der Waals surface area contributed by atoms with E-state index in [0.717, 1.165) is 10.7 Å². The lowest BCUT2D eigenvalue weighted by molar-refractivity contribution is 1.62. The van der Waals surface area contributed by atoms with Crippen molar-refractivity contribution >= 4 is 17.3 Å². The van der Waals surface area contributed by atoms with Crippen molar-refractivity contribution in [2.45, 2.75) is 0 Å². The molecule has 0 aliphatic heterocycles. The molecule has 0 N–H and O–H groups in total. The molecule has 1 aromatic carbocycles. The van der Waals surface area contributed by atoms with Gasteiger partial charge in [0.15, 0.2) is 0 Å². The minimum atomic E-state index is 0.752. The molecule has 0 aliphatic carbocycles. The Morgan fingerprint density at radius 2 is 1.78 bits per heavy atom. The molecule has 1 rings (SSSR count). The topological polar surface area (TPSA) is 14.1 Å². The van der Waals surface area contributed by atoms with Crippen LogP contribution in [0.3, 0.4) is 0 Å². The third-order valence-electron chi connectivity index (χ3n) is 1.08. The molecule has 1 aromatic rings. The van der Waals surface area contributed by atoms with Gasteiger partial charge in [-0.2, -0.15) is 0 Å². The van der Waals surface area contributed by atoms with Crippen LogP contribution in [0.5, 0.6) is 0 Å². The average Bonchev–Trinajstić information content (AvgIpc) is 1.90. The summed E-state index contributed by atoms with van der Waals surface area (Å²) in [6, 6.07) is 7.40. The molecule has 0 unspecified atom stereocenters. The van der Waals surface area contributed by atoms with Gasteiger partial charge in [-0.3, -0.25) is 0 Å². The van der Waals surface area contributed by atoms with E-state index < -0.39 is 0 Å². The Morgan fingerprint density at radius 3 is 2.22 bits per heavy atom. The van der Waals surface area contributed by atoms with E-state index in [1.807, 2.05) is 24.3 Å². The molecule has 0 aromatic heterocycles. The normalized spacial score (nSPS) is 9.11. The molecular formula is C7H7ClN-. The molecule has 9 heavy (non-hydrogen) atoms. The summed E-state index contributed by atoms with van der Waals surface area (Å²) in [5.41, 5.74) is 0.958. The van der Waals surface area contributed by atoms with E-state index in [1.165, 1.54) is 0 Å². The van der Waals surface area contributed by atoms with Crippen molar-refractivity contribution in [3.63, 3.8) is 0 Å². The fraction of sp³-hybridized carbons (Fsp3) is 0.143. The standard InChI is InChI=1S/C7H7ClN/c1-9-7-4-2-6(8)3-5-7/h2-5H,1H3/q-1. The summed E-state index contributed by atoms with van der Waals surface area (Å²) in [5.74, 6) is 0. The van der Waals surface area contributed by atoms with Crippen molar-refractivity contribution in [3.05, 3.63) is 34.6 Å². The van der Waals surface area contributed by atoms with Crippen LogP contribution in [-0.4, -0.2) is 7.05 Å². The molecular weight excluding hydrogens is 134 g/mol. The van der Waals surface area contributed by atoms with Crippen molar-refractivity contribution in [1.82, 2.24) is 0 Å². The Morgan fingerprint density at radius 1 is 1.22 bits per heavy atom. The van der Waals surface area contributed by atoms with Crippen LogP contribution in [0, 0.1) is 0 Å². The Labute approximate surface area is 59.6 Å². The number of nitrogens with zero attached hydrogens (tertiary/aromatic N) is 1. The summed E-state index contributed by atoms with van der Waals surface area (Å²) in [6.07, 6.45) is 0. The minimum absolute atomic E-state index is 0.752. The van der Waals surface area contributed by atoms with Gasteiger partial charge in [0.2, 0.25) is 0 Å². The van der Waals surface area contributed by atoms with Crippen molar-refractivity contribution in [2.24, 2.45) is 0 Å². The minimum Gasteiger partial charge on any atom is -0.687 e. The summed E-state index contributed by atoms with van der Waals surface area (Å²) < 4.78 is 0. The summed E-state index contributed by atoms with van der Waals surface area (Å²) in [6.45, 7) is 0. The summed E-state index contributed by atoms with van der Waals surface area (Å²) in [4.78, 5) is 0. The number of hydrogen-bond acceptors (Lipinski definition) is 0. The van der Waals surface area contributed by atoms with Crippen LogP contribution in [0.2, 0.25) is 5.02 Å². The van der Waals surface area contributed by atoms with Gasteiger partial charge in [-0.15, -0.1) is 12.7 Å². The highest BCUT2D eigenvalue weighted by atomic mass is 35.5. The van der Waals surface area contributed by atoms with Gasteiger partial charge in [0.05, 0.1) is 0 Å². The lowest BCUT2D eigenvalue weighted by Crippen LogP contribution is -1.64. The van der Waals surface area contributed by atoms with Gasteiger partial charge in [0.1, 0.15) is 0 Å². The van der Waals surface area contributed by atoms with Crippen LogP contribution in [0.15, 0.2) is 24.3 Å². The number of benzene rings is 1. The van der Waals surface area contributed by atoms with Gasteiger partial charge in [0.25, 0.3) is 0 Å². The maximum atomic E-state index is 5.63. The van der Waals surface area contributed by atoms with Gasteiger partial charge in [-0.1, -0.05) is 23.7 Å². The van der Waals surface area contributed by atoms with E-state index in [-0.39, 0.29) is 0 Å². The summed E-state index contributed by atoms with van der Waals surface area (Å²) >= 11 is 5.63. The second-order valence-electron chi connectivity index (χ2n) is 1.70. The Hall–Kier alpha value is -0.690. The fourth-order valence-electron chi connectivity index (χ4n) is 0.590. The third kappa shape index (κ3) is 1.61. The van der Waals surface area contributed by atoms with Crippen LogP contribution in [0.25, 0.3) is 5.32 Å². The number of rotatable bonds is 1. The maximum Gasteiger partial charge on any atom is 0.0405 e. The first kappa shape index (κ1) is 6.43. The fourth-order valence-corrected chi connectivity index (χ4v) is 0.716. The molecule has 2 heteroatoms. The zero-order chi connectivity index (χ0) is 6.69. The monoisotopic (exact) mass is 140 g/mol. The van der Waals surface area contributed by atoms with Gasteiger partial charge in [0, 0.05) is 5.02 Å². The first-order valence-electron chi connectivity index (χ1n) is 2.68. The summed E-state index contributed by atoms with van der Waals surface area (Å²) in [7, 11) is 1.75. The zero-order valence-electron chi connectivity index (χ0n) is 5.13. The second-order valence-corrected chi connectivity index (χ2v) is 2.14. The van der Waals surface area contributed by atoms with Crippen molar-refractivity contribution in [1.29, 1.82) is 0 Å². The molecule has 0 fully saturated rings. The molecule has 48 valence electrons. The van der Waals surface area contributed by atoms with Crippen LogP contribution >= 0.6 is 11.6 Å². The molecule has 0 amide bonds.